The summed E-state index contributed by atoms with van der Waals surface area (Å²) >= 11 is 0. The molecule has 1 heterocycles. The Kier molecular flexibility index (Phi) is 4.73. The van der Waals surface area contributed by atoms with E-state index in [1.54, 1.807) is 24.0 Å². The molecule has 2 rings (SSSR count). The van der Waals surface area contributed by atoms with Crippen molar-refractivity contribution in [1.29, 1.82) is 0 Å². The highest BCUT2D eigenvalue weighted by atomic mass is 19.1. The molecule has 1 unspecified atom stereocenters. The first-order valence-electron chi connectivity index (χ1n) is 7.00. The van der Waals surface area contributed by atoms with Gasteiger partial charge in [-0.05, 0) is 43.0 Å². The van der Waals surface area contributed by atoms with Crippen molar-refractivity contribution in [3.63, 3.8) is 0 Å². The Labute approximate surface area is 123 Å². The molecule has 1 saturated heterocycles. The lowest BCUT2D eigenvalue weighted by molar-refractivity contribution is -0.130. The summed E-state index contributed by atoms with van der Waals surface area (Å²) in [5.41, 5.74) is 6.87. The number of nitrogens with zero attached hydrogens (tertiary/aromatic N) is 1. The van der Waals surface area contributed by atoms with Gasteiger partial charge in [0.25, 0.3) is 0 Å². The minimum atomic E-state index is -0.355. The second kappa shape index (κ2) is 6.52. The molecule has 1 atom stereocenters. The van der Waals surface area contributed by atoms with E-state index >= 15 is 0 Å². The highest BCUT2D eigenvalue weighted by Gasteiger charge is 2.26. The van der Waals surface area contributed by atoms with Gasteiger partial charge < -0.3 is 10.6 Å². The zero-order chi connectivity index (χ0) is 15.4. The van der Waals surface area contributed by atoms with Crippen molar-refractivity contribution in [2.75, 3.05) is 13.1 Å². The lowest BCUT2D eigenvalue weighted by atomic mass is 9.97. The zero-order valence-corrected chi connectivity index (χ0v) is 12.0. The number of halogens is 1. The van der Waals surface area contributed by atoms with E-state index in [2.05, 4.69) is 0 Å². The van der Waals surface area contributed by atoms with Crippen LogP contribution in [0.15, 0.2) is 30.3 Å². The topological polar surface area (TPSA) is 63.4 Å². The highest BCUT2D eigenvalue weighted by Crippen LogP contribution is 2.19. The fraction of sp³-hybridized carbons (Fsp3) is 0.375. The van der Waals surface area contributed by atoms with Gasteiger partial charge in [0.05, 0.1) is 5.92 Å². The van der Waals surface area contributed by atoms with Crippen molar-refractivity contribution in [3.8, 4) is 0 Å². The number of hydrogen-bond donors (Lipinski definition) is 1. The predicted molar refractivity (Wildman–Crippen MR) is 78.5 cm³/mol. The fourth-order valence-electron chi connectivity index (χ4n) is 2.48. The van der Waals surface area contributed by atoms with Gasteiger partial charge in [-0.2, -0.15) is 0 Å². The minimum Gasteiger partial charge on any atom is -0.369 e. The van der Waals surface area contributed by atoms with Crippen molar-refractivity contribution in [1.82, 2.24) is 4.90 Å². The van der Waals surface area contributed by atoms with Crippen LogP contribution in [0.5, 0.6) is 0 Å². The molecule has 112 valence electrons. The van der Waals surface area contributed by atoms with Crippen molar-refractivity contribution >= 4 is 17.4 Å². The van der Waals surface area contributed by atoms with Crippen molar-refractivity contribution < 1.29 is 14.0 Å². The first kappa shape index (κ1) is 15.2. The van der Waals surface area contributed by atoms with Crippen LogP contribution < -0.4 is 5.73 Å². The zero-order valence-electron chi connectivity index (χ0n) is 12.0. The number of likely N-dealkylation sites (tertiary alicyclic amines) is 1. The van der Waals surface area contributed by atoms with Gasteiger partial charge in [-0.3, -0.25) is 9.59 Å². The number of nitrogens with two attached hydrogens (primary N) is 1. The maximum absolute atomic E-state index is 12.9. The van der Waals surface area contributed by atoms with Crippen LogP contribution in [0.25, 0.3) is 5.57 Å². The molecule has 1 aliphatic rings. The molecular formula is C16H19FN2O2. The molecule has 0 aromatic heterocycles. The summed E-state index contributed by atoms with van der Waals surface area (Å²) in [5, 5.41) is 0. The molecule has 0 saturated carbocycles. The number of hydrogen-bond acceptors (Lipinski definition) is 2. The van der Waals surface area contributed by atoms with Gasteiger partial charge in [0.2, 0.25) is 11.8 Å². The fourth-order valence-corrected chi connectivity index (χ4v) is 2.48. The molecule has 2 N–H and O–H groups in total. The Balaban J connectivity index is 2.07. The number of piperidine rings is 1. The molecule has 21 heavy (non-hydrogen) atoms. The second-order valence-corrected chi connectivity index (χ2v) is 5.36. The number of benzene rings is 1. The largest absolute Gasteiger partial charge is 0.369 e. The van der Waals surface area contributed by atoms with Gasteiger partial charge in [0.15, 0.2) is 0 Å². The summed E-state index contributed by atoms with van der Waals surface area (Å²) in [7, 11) is 0. The standard InChI is InChI=1S/C16H19FN2O2/c1-11(12-4-6-14(17)7-5-12)9-15(20)19-8-2-3-13(10-19)16(18)21/h4-7,9,13H,2-3,8,10H2,1H3,(H2,18,21)/b11-9+. The molecule has 1 aromatic rings. The molecule has 0 radical (unpaired) electrons. The number of rotatable bonds is 3. The summed E-state index contributed by atoms with van der Waals surface area (Å²) < 4.78 is 12.9. The third kappa shape index (κ3) is 3.90. The molecule has 0 aliphatic carbocycles. The normalized spacial score (nSPS) is 19.4. The average Bonchev–Trinajstić information content (AvgIpc) is 2.48. The Hall–Kier alpha value is -2.17. The third-order valence-corrected chi connectivity index (χ3v) is 3.77. The van der Waals surface area contributed by atoms with E-state index in [1.165, 1.54) is 18.2 Å². The number of carbonyl (C=O) groups excluding carboxylic acids is 2. The summed E-state index contributed by atoms with van der Waals surface area (Å²) in [6.07, 6.45) is 3.04. The molecular weight excluding hydrogens is 271 g/mol. The van der Waals surface area contributed by atoms with Crippen LogP contribution in [0.3, 0.4) is 0 Å². The Morgan fingerprint density at radius 2 is 2.00 bits per heavy atom. The van der Waals surface area contributed by atoms with Crippen LogP contribution in [-0.4, -0.2) is 29.8 Å². The molecule has 1 aromatic carbocycles. The van der Waals surface area contributed by atoms with Crippen LogP contribution in [0.4, 0.5) is 4.39 Å². The van der Waals surface area contributed by atoms with Gasteiger partial charge in [0, 0.05) is 19.2 Å². The highest BCUT2D eigenvalue weighted by molar-refractivity contribution is 5.95. The van der Waals surface area contributed by atoms with E-state index in [0.29, 0.717) is 13.1 Å². The molecule has 0 bridgehead atoms. The van der Waals surface area contributed by atoms with Gasteiger partial charge in [-0.15, -0.1) is 0 Å². The summed E-state index contributed by atoms with van der Waals surface area (Å²) in [5.74, 6) is -1.06. The third-order valence-electron chi connectivity index (χ3n) is 3.77. The van der Waals surface area contributed by atoms with Gasteiger partial charge in [-0.1, -0.05) is 12.1 Å². The Bertz CT molecular complexity index is 566. The first-order chi connectivity index (χ1) is 9.97. The number of primary amides is 1. The number of carbonyl (C=O) groups is 2. The van der Waals surface area contributed by atoms with E-state index in [1.807, 2.05) is 0 Å². The van der Waals surface area contributed by atoms with Gasteiger partial charge >= 0.3 is 0 Å². The second-order valence-electron chi connectivity index (χ2n) is 5.36. The van der Waals surface area contributed by atoms with E-state index in [9.17, 15) is 14.0 Å². The van der Waals surface area contributed by atoms with Gasteiger partial charge in [-0.25, -0.2) is 4.39 Å². The maximum atomic E-state index is 12.9. The van der Waals surface area contributed by atoms with Crippen molar-refractivity contribution in [3.05, 3.63) is 41.7 Å². The summed E-state index contributed by atoms with van der Waals surface area (Å²) in [4.78, 5) is 25.1. The van der Waals surface area contributed by atoms with Crippen molar-refractivity contribution in [2.24, 2.45) is 11.7 Å². The lowest BCUT2D eigenvalue weighted by Gasteiger charge is -2.30. The SMILES string of the molecule is C/C(=C\C(=O)N1CCCC(C(N)=O)C1)c1ccc(F)cc1. The van der Waals surface area contributed by atoms with Gasteiger partial charge in [0.1, 0.15) is 5.82 Å². The lowest BCUT2D eigenvalue weighted by Crippen LogP contribution is -2.43. The molecule has 1 aliphatic heterocycles. The monoisotopic (exact) mass is 290 g/mol. The van der Waals surface area contributed by atoms with E-state index in [4.69, 9.17) is 5.73 Å². The van der Waals surface area contributed by atoms with Crippen LogP contribution in [0.2, 0.25) is 0 Å². The summed E-state index contributed by atoms with van der Waals surface area (Å²) in [6.45, 7) is 2.82. The van der Waals surface area contributed by atoms with Crippen LogP contribution in [0.1, 0.15) is 25.3 Å². The predicted octanol–water partition coefficient (Wildman–Crippen LogP) is 1.95. The number of amides is 2. The van der Waals surface area contributed by atoms with Crippen LogP contribution in [0, 0.1) is 11.7 Å². The molecule has 1 fully saturated rings. The molecule has 5 heteroatoms. The van der Waals surface area contributed by atoms with Crippen molar-refractivity contribution in [2.45, 2.75) is 19.8 Å². The molecule has 4 nitrogen and oxygen atoms in total. The van der Waals surface area contributed by atoms with E-state index < -0.39 is 0 Å². The molecule has 0 spiro atoms. The maximum Gasteiger partial charge on any atom is 0.246 e. The summed E-state index contributed by atoms with van der Waals surface area (Å²) in [6, 6.07) is 6.00. The van der Waals surface area contributed by atoms with E-state index in [0.717, 1.165) is 24.0 Å². The Morgan fingerprint density at radius 3 is 2.62 bits per heavy atom. The van der Waals surface area contributed by atoms with Crippen LogP contribution >= 0.6 is 0 Å². The quantitative estimate of drug-likeness (QED) is 0.865. The molecule has 2 amide bonds. The Morgan fingerprint density at radius 1 is 1.33 bits per heavy atom. The smallest absolute Gasteiger partial charge is 0.246 e. The van der Waals surface area contributed by atoms with E-state index in [-0.39, 0.29) is 23.5 Å². The van der Waals surface area contributed by atoms with Crippen LogP contribution in [-0.2, 0) is 9.59 Å². The first-order valence-corrected chi connectivity index (χ1v) is 7.00. The number of allylic oxidation sites excluding steroid dienone is 1. The average molecular weight is 290 g/mol. The minimum absolute atomic E-state index is 0.136.